The minimum Gasteiger partial charge on any atom is -0.301 e. The highest BCUT2D eigenvalue weighted by Gasteiger charge is 2.32. The number of rotatable bonds is 1. The van der Waals surface area contributed by atoms with Gasteiger partial charge in [-0.3, -0.25) is 0 Å². The summed E-state index contributed by atoms with van der Waals surface area (Å²) in [6.07, 6.45) is 1.39. The van der Waals surface area contributed by atoms with E-state index in [1.807, 2.05) is 0 Å². The van der Waals surface area contributed by atoms with Crippen molar-refractivity contribution in [3.05, 3.63) is 0 Å². The predicted octanol–water partition coefficient (Wildman–Crippen LogP) is 2.76. The van der Waals surface area contributed by atoms with E-state index in [1.165, 1.54) is 19.5 Å². The van der Waals surface area contributed by atoms with Gasteiger partial charge in [-0.05, 0) is 38.1 Å². The Kier molecular flexibility index (Phi) is 2.82. The van der Waals surface area contributed by atoms with Crippen LogP contribution in [0.25, 0.3) is 0 Å². The zero-order valence-corrected chi connectivity index (χ0v) is 9.22. The first kappa shape index (κ1) is 10.0. The van der Waals surface area contributed by atoms with Crippen LogP contribution in [-0.2, 0) is 0 Å². The fraction of sp³-hybridized carbons (Fsp3) is 1.00. The van der Waals surface area contributed by atoms with Crippen LogP contribution in [0.3, 0.4) is 0 Å². The molecule has 1 aliphatic rings. The van der Waals surface area contributed by atoms with Gasteiger partial charge in [-0.25, -0.2) is 0 Å². The van der Waals surface area contributed by atoms with Crippen LogP contribution in [0.4, 0.5) is 0 Å². The highest BCUT2D eigenvalue weighted by atomic mass is 15.2. The molecule has 12 heavy (non-hydrogen) atoms. The highest BCUT2D eigenvalue weighted by molar-refractivity contribution is 4.84. The molecule has 0 radical (unpaired) electrons. The first-order chi connectivity index (χ1) is 5.41. The predicted molar refractivity (Wildman–Crippen MR) is 54.3 cm³/mol. The molecule has 1 saturated heterocycles. The van der Waals surface area contributed by atoms with Gasteiger partial charge in [0.05, 0.1) is 0 Å². The fourth-order valence-electron chi connectivity index (χ4n) is 1.96. The van der Waals surface area contributed by atoms with Gasteiger partial charge in [0, 0.05) is 12.6 Å². The molecule has 1 aliphatic heterocycles. The van der Waals surface area contributed by atoms with E-state index >= 15 is 0 Å². The van der Waals surface area contributed by atoms with Crippen molar-refractivity contribution in [1.82, 2.24) is 4.90 Å². The lowest BCUT2D eigenvalue weighted by Gasteiger charge is -2.28. The van der Waals surface area contributed by atoms with Crippen LogP contribution in [0.1, 0.15) is 41.0 Å². The van der Waals surface area contributed by atoms with Crippen molar-refractivity contribution in [2.45, 2.75) is 47.1 Å². The van der Waals surface area contributed by atoms with Crippen LogP contribution >= 0.6 is 0 Å². The van der Waals surface area contributed by atoms with Crippen molar-refractivity contribution in [2.75, 3.05) is 13.1 Å². The number of likely N-dealkylation sites (tertiary alicyclic amines) is 1. The summed E-state index contributed by atoms with van der Waals surface area (Å²) in [7, 11) is 0. The average molecular weight is 169 g/mol. The Hall–Kier alpha value is -0.0400. The molecule has 1 nitrogen and oxygen atoms in total. The third-order valence-corrected chi connectivity index (χ3v) is 3.17. The van der Waals surface area contributed by atoms with Crippen molar-refractivity contribution in [3.63, 3.8) is 0 Å². The molecule has 1 rings (SSSR count). The van der Waals surface area contributed by atoms with E-state index in [0.29, 0.717) is 5.41 Å². The lowest BCUT2D eigenvalue weighted by atomic mass is 9.80. The lowest BCUT2D eigenvalue weighted by molar-refractivity contribution is 0.209. The molecule has 1 heteroatoms. The van der Waals surface area contributed by atoms with Crippen LogP contribution in [0.5, 0.6) is 0 Å². The Morgan fingerprint density at radius 3 is 2.08 bits per heavy atom. The molecule has 0 aliphatic carbocycles. The van der Waals surface area contributed by atoms with Gasteiger partial charge in [0.25, 0.3) is 0 Å². The molecule has 1 atom stereocenters. The molecule has 0 N–H and O–H groups in total. The van der Waals surface area contributed by atoms with E-state index in [2.05, 4.69) is 39.5 Å². The Balaban J connectivity index is 2.46. The van der Waals surface area contributed by atoms with Crippen LogP contribution in [-0.4, -0.2) is 24.0 Å². The largest absolute Gasteiger partial charge is 0.301 e. The van der Waals surface area contributed by atoms with Gasteiger partial charge in [-0.2, -0.15) is 0 Å². The molecular formula is C11H23N. The lowest BCUT2D eigenvalue weighted by Crippen LogP contribution is -2.30. The van der Waals surface area contributed by atoms with Crippen LogP contribution in [0, 0.1) is 11.3 Å². The van der Waals surface area contributed by atoms with Gasteiger partial charge in [0.1, 0.15) is 0 Å². The Bertz CT molecular complexity index is 144. The van der Waals surface area contributed by atoms with E-state index in [-0.39, 0.29) is 0 Å². The van der Waals surface area contributed by atoms with Crippen molar-refractivity contribution < 1.29 is 0 Å². The van der Waals surface area contributed by atoms with Crippen molar-refractivity contribution in [2.24, 2.45) is 11.3 Å². The summed E-state index contributed by atoms with van der Waals surface area (Å²) < 4.78 is 0. The average Bonchev–Trinajstić information content (AvgIpc) is 2.30. The second kappa shape index (κ2) is 3.37. The summed E-state index contributed by atoms with van der Waals surface area (Å²) in [5, 5.41) is 0. The second-order valence-corrected chi connectivity index (χ2v) is 5.44. The Morgan fingerprint density at radius 2 is 1.83 bits per heavy atom. The summed E-state index contributed by atoms with van der Waals surface area (Å²) in [6, 6.07) is 0.734. The van der Waals surface area contributed by atoms with E-state index in [0.717, 1.165) is 12.0 Å². The zero-order valence-electron chi connectivity index (χ0n) is 9.22. The fourth-order valence-corrected chi connectivity index (χ4v) is 1.96. The topological polar surface area (TPSA) is 3.24 Å². The molecule has 0 unspecified atom stereocenters. The minimum atomic E-state index is 0.504. The summed E-state index contributed by atoms with van der Waals surface area (Å²) in [5.74, 6) is 0.903. The summed E-state index contributed by atoms with van der Waals surface area (Å²) >= 11 is 0. The Morgan fingerprint density at radius 1 is 1.25 bits per heavy atom. The molecule has 0 bridgehead atoms. The van der Waals surface area contributed by atoms with E-state index in [1.54, 1.807) is 0 Å². The van der Waals surface area contributed by atoms with E-state index in [4.69, 9.17) is 0 Å². The minimum absolute atomic E-state index is 0.504. The third kappa shape index (κ3) is 2.22. The van der Waals surface area contributed by atoms with Crippen LogP contribution in [0.15, 0.2) is 0 Å². The highest BCUT2D eigenvalue weighted by Crippen LogP contribution is 2.34. The van der Waals surface area contributed by atoms with Gasteiger partial charge >= 0.3 is 0 Å². The molecular weight excluding hydrogens is 146 g/mol. The van der Waals surface area contributed by atoms with Gasteiger partial charge in [0.2, 0.25) is 0 Å². The molecule has 0 aromatic carbocycles. The van der Waals surface area contributed by atoms with Gasteiger partial charge in [-0.1, -0.05) is 20.8 Å². The molecule has 72 valence electrons. The number of nitrogens with zero attached hydrogens (tertiary/aromatic N) is 1. The van der Waals surface area contributed by atoms with Crippen LogP contribution in [0.2, 0.25) is 0 Å². The van der Waals surface area contributed by atoms with Crippen molar-refractivity contribution in [3.8, 4) is 0 Å². The van der Waals surface area contributed by atoms with Gasteiger partial charge in [-0.15, -0.1) is 0 Å². The molecule has 1 fully saturated rings. The number of hydrogen-bond donors (Lipinski definition) is 0. The molecule has 0 spiro atoms. The molecule has 0 saturated carbocycles. The van der Waals surface area contributed by atoms with Crippen molar-refractivity contribution in [1.29, 1.82) is 0 Å². The van der Waals surface area contributed by atoms with E-state index in [9.17, 15) is 0 Å². The maximum atomic E-state index is 2.59. The SMILES string of the molecule is CC(C)N1CC[C@H](C(C)(C)C)C1. The summed E-state index contributed by atoms with van der Waals surface area (Å²) in [5.41, 5.74) is 0.504. The number of hydrogen-bond acceptors (Lipinski definition) is 1. The maximum absolute atomic E-state index is 2.59. The maximum Gasteiger partial charge on any atom is 0.00387 e. The molecule has 0 aromatic rings. The summed E-state index contributed by atoms with van der Waals surface area (Å²) in [4.78, 5) is 2.59. The van der Waals surface area contributed by atoms with Gasteiger partial charge < -0.3 is 4.90 Å². The van der Waals surface area contributed by atoms with E-state index < -0.39 is 0 Å². The first-order valence-corrected chi connectivity index (χ1v) is 5.15. The second-order valence-electron chi connectivity index (χ2n) is 5.44. The summed E-state index contributed by atoms with van der Waals surface area (Å²) in [6.45, 7) is 14.3. The quantitative estimate of drug-likeness (QED) is 0.583. The third-order valence-electron chi connectivity index (χ3n) is 3.17. The molecule has 1 heterocycles. The monoisotopic (exact) mass is 169 g/mol. The zero-order chi connectivity index (χ0) is 9.35. The van der Waals surface area contributed by atoms with Crippen molar-refractivity contribution >= 4 is 0 Å². The molecule has 0 aromatic heterocycles. The smallest absolute Gasteiger partial charge is 0.00387 e. The molecule has 0 amide bonds. The first-order valence-electron chi connectivity index (χ1n) is 5.15. The Labute approximate surface area is 77.1 Å². The normalized spacial score (nSPS) is 27.0. The standard InChI is InChI=1S/C11H23N/c1-9(2)12-7-6-10(8-12)11(3,4)5/h9-10H,6-8H2,1-5H3/t10-/m0/s1. The van der Waals surface area contributed by atoms with Gasteiger partial charge in [0.15, 0.2) is 0 Å². The van der Waals surface area contributed by atoms with Crippen LogP contribution < -0.4 is 0 Å².